The molecule has 118 valence electrons. The van der Waals surface area contributed by atoms with Gasteiger partial charge in [-0.1, -0.05) is 0 Å². The van der Waals surface area contributed by atoms with Crippen LogP contribution in [-0.4, -0.2) is 35.7 Å². The van der Waals surface area contributed by atoms with Crippen molar-refractivity contribution in [3.8, 4) is 5.75 Å². The largest absolute Gasteiger partial charge is 0.478 e. The molecule has 0 atom stereocenters. The smallest absolute Gasteiger partial charge is 0.335 e. The number of hydrogen-bond acceptors (Lipinski definition) is 6. The number of ether oxygens (including phenoxy) is 2. The van der Waals surface area contributed by atoms with Gasteiger partial charge in [-0.15, -0.1) is 0 Å². The summed E-state index contributed by atoms with van der Waals surface area (Å²) in [7, 11) is 0. The van der Waals surface area contributed by atoms with Gasteiger partial charge >= 0.3 is 12.0 Å². The number of amides is 4. The SMILES string of the molecule is O=C1NC(=O)C(=Cc2cc(C(=O)O)cc3c2OCOC3)C(=O)N1. The van der Waals surface area contributed by atoms with Crippen molar-refractivity contribution in [3.63, 3.8) is 0 Å². The summed E-state index contributed by atoms with van der Waals surface area (Å²) in [6.07, 6.45) is 1.17. The second kappa shape index (κ2) is 5.54. The molecule has 1 saturated heterocycles. The van der Waals surface area contributed by atoms with Gasteiger partial charge in [0, 0.05) is 11.1 Å². The number of urea groups is 1. The first-order valence-corrected chi connectivity index (χ1v) is 6.45. The summed E-state index contributed by atoms with van der Waals surface area (Å²) < 4.78 is 10.4. The van der Waals surface area contributed by atoms with E-state index in [-0.39, 0.29) is 30.1 Å². The van der Waals surface area contributed by atoms with Crippen LogP contribution in [0, 0.1) is 0 Å². The molecule has 0 unspecified atom stereocenters. The van der Waals surface area contributed by atoms with Crippen LogP contribution in [0.15, 0.2) is 17.7 Å². The van der Waals surface area contributed by atoms with Gasteiger partial charge in [0.15, 0.2) is 6.79 Å². The van der Waals surface area contributed by atoms with Crippen molar-refractivity contribution in [2.24, 2.45) is 0 Å². The normalized spacial score (nSPS) is 16.9. The Balaban J connectivity index is 2.11. The van der Waals surface area contributed by atoms with Crippen molar-refractivity contribution in [1.29, 1.82) is 0 Å². The standard InChI is InChI=1S/C14H10N2O7/c17-11-9(12(18)16-14(21)15-11)3-6-1-7(13(19)20)2-8-4-22-5-23-10(6)8/h1-3H,4-5H2,(H,19,20)(H2,15,16,17,18,21). The van der Waals surface area contributed by atoms with Gasteiger partial charge in [-0.25, -0.2) is 9.59 Å². The first-order valence-electron chi connectivity index (χ1n) is 6.45. The highest BCUT2D eigenvalue weighted by Crippen LogP contribution is 2.31. The maximum absolute atomic E-state index is 11.8. The Hall–Kier alpha value is -3.20. The summed E-state index contributed by atoms with van der Waals surface area (Å²) in [6.45, 7) is 0.107. The lowest BCUT2D eigenvalue weighted by molar-refractivity contribution is -0.123. The van der Waals surface area contributed by atoms with Crippen molar-refractivity contribution in [2.45, 2.75) is 6.61 Å². The molecular formula is C14H10N2O7. The summed E-state index contributed by atoms with van der Waals surface area (Å²) in [5.74, 6) is -2.60. The molecule has 2 heterocycles. The molecule has 0 radical (unpaired) electrons. The number of nitrogens with one attached hydrogen (secondary N) is 2. The average Bonchev–Trinajstić information content (AvgIpc) is 2.50. The van der Waals surface area contributed by atoms with Gasteiger partial charge in [-0.05, 0) is 18.2 Å². The molecule has 0 spiro atoms. The predicted octanol–water partition coefficient (Wildman–Crippen LogP) is 0.000700. The number of carboxylic acids is 1. The molecule has 3 rings (SSSR count). The zero-order valence-electron chi connectivity index (χ0n) is 11.5. The van der Waals surface area contributed by atoms with Gasteiger partial charge in [0.05, 0.1) is 12.2 Å². The van der Waals surface area contributed by atoms with Gasteiger partial charge < -0.3 is 14.6 Å². The number of aromatic carboxylic acids is 1. The number of carbonyl (C=O) groups excluding carboxylic acids is 3. The third-order valence-corrected chi connectivity index (χ3v) is 3.23. The Morgan fingerprint density at radius 1 is 1.17 bits per heavy atom. The predicted molar refractivity (Wildman–Crippen MR) is 73.3 cm³/mol. The maximum Gasteiger partial charge on any atom is 0.335 e. The van der Waals surface area contributed by atoms with Crippen LogP contribution in [0.4, 0.5) is 4.79 Å². The molecule has 2 aliphatic heterocycles. The Kier molecular flexibility index (Phi) is 3.54. The van der Waals surface area contributed by atoms with Crippen molar-refractivity contribution >= 4 is 29.9 Å². The van der Waals surface area contributed by atoms with Crippen molar-refractivity contribution < 1.29 is 33.8 Å². The van der Waals surface area contributed by atoms with Crippen molar-refractivity contribution in [1.82, 2.24) is 10.6 Å². The Morgan fingerprint density at radius 2 is 1.87 bits per heavy atom. The third kappa shape index (κ3) is 2.77. The van der Waals surface area contributed by atoms with Crippen molar-refractivity contribution in [3.05, 3.63) is 34.4 Å². The van der Waals surface area contributed by atoms with E-state index in [4.69, 9.17) is 14.6 Å². The highest BCUT2D eigenvalue weighted by molar-refractivity contribution is 6.31. The van der Waals surface area contributed by atoms with Gasteiger partial charge in [0.2, 0.25) is 0 Å². The zero-order chi connectivity index (χ0) is 16.6. The van der Waals surface area contributed by atoms with Crippen LogP contribution in [0.2, 0.25) is 0 Å². The molecule has 9 heteroatoms. The summed E-state index contributed by atoms with van der Waals surface area (Å²) >= 11 is 0. The lowest BCUT2D eigenvalue weighted by Gasteiger charge is -2.21. The molecule has 0 bridgehead atoms. The average molecular weight is 318 g/mol. The van der Waals surface area contributed by atoms with E-state index in [0.29, 0.717) is 11.3 Å². The minimum Gasteiger partial charge on any atom is -0.478 e. The van der Waals surface area contributed by atoms with Crippen LogP contribution in [0.25, 0.3) is 6.08 Å². The number of hydrogen-bond donors (Lipinski definition) is 3. The first-order chi connectivity index (χ1) is 11.0. The molecule has 1 fully saturated rings. The Bertz CT molecular complexity index is 760. The number of fused-ring (bicyclic) bond motifs is 1. The highest BCUT2D eigenvalue weighted by atomic mass is 16.7. The summed E-state index contributed by atoms with van der Waals surface area (Å²) in [6, 6.07) is 1.75. The fourth-order valence-electron chi connectivity index (χ4n) is 2.24. The molecule has 23 heavy (non-hydrogen) atoms. The first kappa shape index (κ1) is 14.7. The number of barbiturate groups is 1. The van der Waals surface area contributed by atoms with Gasteiger partial charge in [-0.2, -0.15) is 0 Å². The van der Waals surface area contributed by atoms with Crippen LogP contribution in [0.1, 0.15) is 21.5 Å². The maximum atomic E-state index is 11.8. The van der Waals surface area contributed by atoms with E-state index in [0.717, 1.165) is 0 Å². The van der Waals surface area contributed by atoms with E-state index < -0.39 is 23.8 Å². The van der Waals surface area contributed by atoms with Crippen molar-refractivity contribution in [2.75, 3.05) is 6.79 Å². The van der Waals surface area contributed by atoms with Gasteiger partial charge in [-0.3, -0.25) is 20.2 Å². The van der Waals surface area contributed by atoms with E-state index in [1.165, 1.54) is 18.2 Å². The number of imide groups is 2. The molecule has 0 saturated carbocycles. The lowest BCUT2D eigenvalue weighted by atomic mass is 10.0. The van der Waals surface area contributed by atoms with Crippen LogP contribution < -0.4 is 15.4 Å². The molecule has 4 amide bonds. The number of benzene rings is 1. The lowest BCUT2D eigenvalue weighted by Crippen LogP contribution is -2.51. The number of carbonyl (C=O) groups is 4. The Morgan fingerprint density at radius 3 is 2.52 bits per heavy atom. The minimum absolute atomic E-state index is 0.0352. The number of rotatable bonds is 2. The molecule has 9 nitrogen and oxygen atoms in total. The van der Waals surface area contributed by atoms with Gasteiger partial charge in [0.1, 0.15) is 11.3 Å². The summed E-state index contributed by atoms with van der Waals surface area (Å²) in [5, 5.41) is 13.0. The summed E-state index contributed by atoms with van der Waals surface area (Å²) in [4.78, 5) is 45.8. The molecule has 0 aromatic heterocycles. The van der Waals surface area contributed by atoms with Crippen LogP contribution >= 0.6 is 0 Å². The highest BCUT2D eigenvalue weighted by Gasteiger charge is 2.29. The van der Waals surface area contributed by atoms with E-state index in [2.05, 4.69) is 0 Å². The van der Waals surface area contributed by atoms with Crippen LogP contribution in [0.3, 0.4) is 0 Å². The monoisotopic (exact) mass is 318 g/mol. The third-order valence-electron chi connectivity index (χ3n) is 3.23. The molecule has 3 N–H and O–H groups in total. The van der Waals surface area contributed by atoms with E-state index in [1.54, 1.807) is 0 Å². The summed E-state index contributed by atoms with van der Waals surface area (Å²) in [5.41, 5.74) is 0.343. The van der Waals surface area contributed by atoms with E-state index in [1.807, 2.05) is 10.6 Å². The van der Waals surface area contributed by atoms with Crippen LogP contribution in [-0.2, 0) is 20.9 Å². The van der Waals surface area contributed by atoms with E-state index >= 15 is 0 Å². The zero-order valence-corrected chi connectivity index (χ0v) is 11.5. The second-order valence-corrected chi connectivity index (χ2v) is 4.76. The molecule has 2 aliphatic rings. The van der Waals surface area contributed by atoms with Gasteiger partial charge in [0.25, 0.3) is 11.8 Å². The van der Waals surface area contributed by atoms with Crippen LogP contribution in [0.5, 0.6) is 5.75 Å². The molecule has 1 aromatic rings. The minimum atomic E-state index is -1.18. The fraction of sp³-hybridized carbons (Fsp3) is 0.143. The molecule has 1 aromatic carbocycles. The number of carboxylic acid groups (broad SMARTS) is 1. The Labute approximate surface area is 128 Å². The quantitative estimate of drug-likeness (QED) is 0.516. The van der Waals surface area contributed by atoms with E-state index in [9.17, 15) is 19.2 Å². The molecule has 0 aliphatic carbocycles. The topological polar surface area (TPSA) is 131 Å². The second-order valence-electron chi connectivity index (χ2n) is 4.76. The molecular weight excluding hydrogens is 308 g/mol. The fourth-order valence-corrected chi connectivity index (χ4v) is 2.24.